The summed E-state index contributed by atoms with van der Waals surface area (Å²) in [6.07, 6.45) is 4.03. The van der Waals surface area contributed by atoms with Crippen LogP contribution in [0, 0.1) is 17.2 Å². The molecule has 1 aliphatic carbocycles. The van der Waals surface area contributed by atoms with Crippen molar-refractivity contribution in [2.24, 2.45) is 5.92 Å². The Hall–Kier alpha value is -2.59. The number of hydrogen-bond donors (Lipinski definition) is 1. The SMILES string of the molecule is C[C@](C#N)(NC(=O)COC(=O)c1ccc(OC[C@@H]2CCCO2)cc1)C1CC1. The molecule has 144 valence electrons. The van der Waals surface area contributed by atoms with Crippen LogP contribution in [0.15, 0.2) is 24.3 Å². The molecule has 0 unspecified atom stereocenters. The quantitative estimate of drug-likeness (QED) is 0.703. The normalized spacial score (nSPS) is 21.0. The van der Waals surface area contributed by atoms with Crippen LogP contribution in [0.2, 0.25) is 0 Å². The van der Waals surface area contributed by atoms with E-state index in [1.165, 1.54) is 0 Å². The molecule has 1 aliphatic heterocycles. The zero-order chi connectivity index (χ0) is 19.3. The highest BCUT2D eigenvalue weighted by Crippen LogP contribution is 2.39. The number of hydrogen-bond acceptors (Lipinski definition) is 6. The summed E-state index contributed by atoms with van der Waals surface area (Å²) >= 11 is 0. The Labute approximate surface area is 158 Å². The zero-order valence-corrected chi connectivity index (χ0v) is 15.4. The van der Waals surface area contributed by atoms with Gasteiger partial charge in [0.25, 0.3) is 5.91 Å². The molecule has 1 heterocycles. The Morgan fingerprint density at radius 2 is 2.04 bits per heavy atom. The second kappa shape index (κ2) is 8.40. The second-order valence-electron chi connectivity index (χ2n) is 7.18. The Morgan fingerprint density at radius 1 is 1.30 bits per heavy atom. The van der Waals surface area contributed by atoms with Crippen LogP contribution in [-0.4, -0.2) is 43.3 Å². The van der Waals surface area contributed by atoms with E-state index in [4.69, 9.17) is 14.2 Å². The third-order valence-corrected chi connectivity index (χ3v) is 4.91. The molecule has 1 saturated carbocycles. The van der Waals surface area contributed by atoms with Crippen molar-refractivity contribution in [3.8, 4) is 11.8 Å². The van der Waals surface area contributed by atoms with Gasteiger partial charge in [-0.3, -0.25) is 4.79 Å². The number of nitriles is 1. The van der Waals surface area contributed by atoms with E-state index in [2.05, 4.69) is 11.4 Å². The maximum absolute atomic E-state index is 12.1. The number of nitrogens with one attached hydrogen (secondary N) is 1. The highest BCUT2D eigenvalue weighted by Gasteiger charge is 2.43. The molecule has 1 amide bonds. The van der Waals surface area contributed by atoms with Gasteiger partial charge in [0.05, 0.1) is 17.7 Å². The summed E-state index contributed by atoms with van der Waals surface area (Å²) in [5.74, 6) is -0.255. The number of benzene rings is 1. The van der Waals surface area contributed by atoms with Crippen LogP contribution in [0.1, 0.15) is 43.0 Å². The van der Waals surface area contributed by atoms with Gasteiger partial charge in [0.2, 0.25) is 0 Å². The van der Waals surface area contributed by atoms with Gasteiger partial charge >= 0.3 is 5.97 Å². The maximum atomic E-state index is 12.1. The Morgan fingerprint density at radius 3 is 2.63 bits per heavy atom. The Bertz CT molecular complexity index is 717. The van der Waals surface area contributed by atoms with Gasteiger partial charge < -0.3 is 19.5 Å². The average molecular weight is 372 g/mol. The summed E-state index contributed by atoms with van der Waals surface area (Å²) in [4.78, 5) is 24.1. The first-order chi connectivity index (χ1) is 13.0. The van der Waals surface area contributed by atoms with Crippen LogP contribution in [0.25, 0.3) is 0 Å². The first kappa shape index (κ1) is 19.2. The molecule has 0 bridgehead atoms. The summed E-state index contributed by atoms with van der Waals surface area (Å²) in [7, 11) is 0. The Kier molecular flexibility index (Phi) is 5.97. The van der Waals surface area contributed by atoms with E-state index < -0.39 is 24.0 Å². The average Bonchev–Trinajstić information content (AvgIpc) is 3.42. The number of ether oxygens (including phenoxy) is 3. The molecule has 2 atom stereocenters. The summed E-state index contributed by atoms with van der Waals surface area (Å²) in [6.45, 7) is 2.54. The third kappa shape index (κ3) is 5.20. The van der Waals surface area contributed by atoms with Crippen molar-refractivity contribution in [3.05, 3.63) is 29.8 Å². The molecule has 1 saturated heterocycles. The van der Waals surface area contributed by atoms with Gasteiger partial charge in [0.15, 0.2) is 6.61 Å². The molecule has 2 fully saturated rings. The number of esters is 1. The zero-order valence-electron chi connectivity index (χ0n) is 15.4. The van der Waals surface area contributed by atoms with E-state index in [0.717, 1.165) is 32.3 Å². The largest absolute Gasteiger partial charge is 0.491 e. The molecule has 1 N–H and O–H groups in total. The predicted molar refractivity (Wildman–Crippen MR) is 96.1 cm³/mol. The minimum Gasteiger partial charge on any atom is -0.491 e. The molecule has 0 aromatic heterocycles. The summed E-state index contributed by atoms with van der Waals surface area (Å²) in [5, 5.41) is 11.9. The first-order valence-corrected chi connectivity index (χ1v) is 9.24. The van der Waals surface area contributed by atoms with Gasteiger partial charge in [-0.05, 0) is 62.8 Å². The van der Waals surface area contributed by atoms with Crippen molar-refractivity contribution < 1.29 is 23.8 Å². The number of rotatable bonds is 8. The van der Waals surface area contributed by atoms with Gasteiger partial charge in [0, 0.05) is 6.61 Å². The van der Waals surface area contributed by atoms with Crippen molar-refractivity contribution in [1.82, 2.24) is 5.32 Å². The van der Waals surface area contributed by atoms with Crippen LogP contribution in [0.3, 0.4) is 0 Å². The van der Waals surface area contributed by atoms with Crippen molar-refractivity contribution in [1.29, 1.82) is 5.26 Å². The van der Waals surface area contributed by atoms with Gasteiger partial charge in [-0.2, -0.15) is 5.26 Å². The minimum absolute atomic E-state index is 0.128. The van der Waals surface area contributed by atoms with Crippen LogP contribution in [0.4, 0.5) is 0 Å². The van der Waals surface area contributed by atoms with Crippen molar-refractivity contribution >= 4 is 11.9 Å². The number of carbonyl (C=O) groups excluding carboxylic acids is 2. The lowest BCUT2D eigenvalue weighted by Crippen LogP contribution is -2.48. The van der Waals surface area contributed by atoms with Crippen LogP contribution < -0.4 is 10.1 Å². The summed E-state index contributed by atoms with van der Waals surface area (Å²) in [5.41, 5.74) is -0.566. The molecule has 3 rings (SSSR count). The van der Waals surface area contributed by atoms with Crippen LogP contribution in [-0.2, 0) is 14.3 Å². The highest BCUT2D eigenvalue weighted by atomic mass is 16.5. The number of carbonyl (C=O) groups is 2. The van der Waals surface area contributed by atoms with Crippen LogP contribution in [0.5, 0.6) is 5.75 Å². The third-order valence-electron chi connectivity index (χ3n) is 4.91. The second-order valence-corrected chi connectivity index (χ2v) is 7.18. The van der Waals surface area contributed by atoms with E-state index in [9.17, 15) is 14.9 Å². The number of amides is 1. The maximum Gasteiger partial charge on any atom is 0.338 e. The molecule has 27 heavy (non-hydrogen) atoms. The van der Waals surface area contributed by atoms with Gasteiger partial charge in [-0.1, -0.05) is 0 Å². The van der Waals surface area contributed by atoms with Crippen molar-refractivity contribution in [2.75, 3.05) is 19.8 Å². The van der Waals surface area contributed by atoms with Crippen molar-refractivity contribution in [2.45, 2.75) is 44.2 Å². The fourth-order valence-electron chi connectivity index (χ4n) is 3.07. The summed E-state index contributed by atoms with van der Waals surface area (Å²) in [6, 6.07) is 8.69. The lowest BCUT2D eigenvalue weighted by atomic mass is 9.98. The highest BCUT2D eigenvalue weighted by molar-refractivity contribution is 5.91. The molecule has 7 heteroatoms. The monoisotopic (exact) mass is 372 g/mol. The van der Waals surface area contributed by atoms with Gasteiger partial charge in [-0.15, -0.1) is 0 Å². The lowest BCUT2D eigenvalue weighted by molar-refractivity contribution is -0.125. The minimum atomic E-state index is -0.897. The summed E-state index contributed by atoms with van der Waals surface area (Å²) < 4.78 is 16.2. The smallest absolute Gasteiger partial charge is 0.338 e. The fourth-order valence-corrected chi connectivity index (χ4v) is 3.07. The van der Waals surface area contributed by atoms with E-state index in [1.807, 2.05) is 0 Å². The number of nitrogens with zero attached hydrogens (tertiary/aromatic N) is 1. The van der Waals surface area contributed by atoms with Gasteiger partial charge in [-0.25, -0.2) is 4.79 Å². The molecule has 7 nitrogen and oxygen atoms in total. The lowest BCUT2D eigenvalue weighted by Gasteiger charge is -2.22. The fraction of sp³-hybridized carbons (Fsp3) is 0.550. The first-order valence-electron chi connectivity index (χ1n) is 9.24. The van der Waals surface area contributed by atoms with Gasteiger partial charge in [0.1, 0.15) is 17.9 Å². The van der Waals surface area contributed by atoms with E-state index in [-0.39, 0.29) is 12.0 Å². The molecule has 0 spiro atoms. The standard InChI is InChI=1S/C20H24N2O5/c1-20(13-21,15-6-7-15)22-18(23)12-27-19(24)14-4-8-16(9-5-14)26-11-17-3-2-10-25-17/h4-5,8-9,15,17H,2-3,6-7,10-12H2,1H3,(H,22,23)/t17-,20+/m0/s1. The molecule has 1 aromatic rings. The van der Waals surface area contributed by atoms with E-state index in [1.54, 1.807) is 31.2 Å². The topological polar surface area (TPSA) is 97.7 Å². The van der Waals surface area contributed by atoms with E-state index in [0.29, 0.717) is 17.9 Å². The van der Waals surface area contributed by atoms with E-state index >= 15 is 0 Å². The molecule has 1 aromatic carbocycles. The molecular formula is C20H24N2O5. The predicted octanol–water partition coefficient (Wildman–Crippen LogP) is 2.21. The van der Waals surface area contributed by atoms with Crippen LogP contribution >= 0.6 is 0 Å². The molecular weight excluding hydrogens is 348 g/mol. The van der Waals surface area contributed by atoms with Crippen molar-refractivity contribution in [3.63, 3.8) is 0 Å². The molecule has 0 radical (unpaired) electrons. The molecule has 2 aliphatic rings. The Balaban J connectivity index is 1.43.